The van der Waals surface area contributed by atoms with Crippen molar-refractivity contribution in [1.82, 2.24) is 9.97 Å². The van der Waals surface area contributed by atoms with E-state index in [2.05, 4.69) is 19.6 Å². The molecule has 36 heavy (non-hydrogen) atoms. The first-order chi connectivity index (χ1) is 17.3. The van der Waals surface area contributed by atoms with E-state index in [1.54, 1.807) is 25.5 Å². The number of nitrogens with zero attached hydrogens (tertiary/aromatic N) is 3. The molecule has 5 rings (SSSR count). The van der Waals surface area contributed by atoms with Crippen molar-refractivity contribution in [3.63, 3.8) is 0 Å². The highest BCUT2D eigenvalue weighted by molar-refractivity contribution is 7.93. The van der Waals surface area contributed by atoms with E-state index in [1.807, 2.05) is 19.9 Å². The molecular formula is C25H29FN4O5S. The third-order valence-corrected chi connectivity index (χ3v) is 8.16. The highest BCUT2D eigenvalue weighted by Crippen LogP contribution is 2.37. The van der Waals surface area contributed by atoms with Gasteiger partial charge in [0.25, 0.3) is 0 Å². The number of nitrogens with one attached hydrogen (secondary N) is 1. The van der Waals surface area contributed by atoms with Gasteiger partial charge in [-0.25, -0.2) is 18.6 Å². The third kappa shape index (κ3) is 4.88. The van der Waals surface area contributed by atoms with Crippen LogP contribution in [0.1, 0.15) is 12.5 Å². The predicted octanol–water partition coefficient (Wildman–Crippen LogP) is 4.13. The molecule has 0 radical (unpaired) electrons. The van der Waals surface area contributed by atoms with E-state index in [-0.39, 0.29) is 18.3 Å². The van der Waals surface area contributed by atoms with Gasteiger partial charge in [-0.15, -0.1) is 0 Å². The number of aryl methyl sites for hydroxylation is 1. The molecule has 2 saturated heterocycles. The second-order valence-corrected chi connectivity index (χ2v) is 11.7. The van der Waals surface area contributed by atoms with Gasteiger partial charge in [0.15, 0.2) is 6.10 Å². The van der Waals surface area contributed by atoms with Crippen molar-refractivity contribution >= 4 is 37.8 Å². The molecule has 2 aromatic carbocycles. The second kappa shape index (κ2) is 9.89. The van der Waals surface area contributed by atoms with E-state index in [4.69, 9.17) is 18.9 Å². The first-order valence-electron chi connectivity index (χ1n) is 11.7. The van der Waals surface area contributed by atoms with Crippen LogP contribution in [0.3, 0.4) is 0 Å². The smallest absolute Gasteiger partial charge is 0.151 e. The third-order valence-electron chi connectivity index (χ3n) is 6.49. The number of rotatable bonds is 7. The van der Waals surface area contributed by atoms with Crippen LogP contribution in [0.15, 0.2) is 41.0 Å². The summed E-state index contributed by atoms with van der Waals surface area (Å²) in [5.74, 6) is 0.879. The second-order valence-electron chi connectivity index (χ2n) is 9.01. The molecule has 9 nitrogen and oxygen atoms in total. The molecule has 192 valence electrons. The van der Waals surface area contributed by atoms with Gasteiger partial charge in [0, 0.05) is 40.3 Å². The van der Waals surface area contributed by atoms with Crippen molar-refractivity contribution in [2.75, 3.05) is 37.6 Å². The lowest BCUT2D eigenvalue weighted by Gasteiger charge is -2.21. The summed E-state index contributed by atoms with van der Waals surface area (Å²) in [5, 5.41) is 4.05. The van der Waals surface area contributed by atoms with Gasteiger partial charge >= 0.3 is 0 Å². The molecule has 0 saturated carbocycles. The summed E-state index contributed by atoms with van der Waals surface area (Å²) >= 11 is 0. The molecule has 1 aromatic heterocycles. The highest BCUT2D eigenvalue weighted by atomic mass is 32.2. The van der Waals surface area contributed by atoms with E-state index in [0.29, 0.717) is 47.4 Å². The fraction of sp³-hybridized carbons (Fsp3) is 0.440. The van der Waals surface area contributed by atoms with E-state index in [0.717, 1.165) is 10.9 Å². The molecule has 1 unspecified atom stereocenters. The fourth-order valence-electron chi connectivity index (χ4n) is 4.53. The zero-order chi connectivity index (χ0) is 25.4. The maximum atomic E-state index is 14.2. The summed E-state index contributed by atoms with van der Waals surface area (Å²) in [6, 6.07) is 7.93. The van der Waals surface area contributed by atoms with Crippen LogP contribution in [0.2, 0.25) is 0 Å². The van der Waals surface area contributed by atoms with Crippen LogP contribution in [0.25, 0.3) is 10.9 Å². The maximum absolute atomic E-state index is 14.2. The summed E-state index contributed by atoms with van der Waals surface area (Å²) in [5.41, 5.74) is 2.66. The van der Waals surface area contributed by atoms with Gasteiger partial charge in [-0.2, -0.15) is 4.36 Å². The average Bonchev–Trinajstić information content (AvgIpc) is 3.43. The van der Waals surface area contributed by atoms with Crippen molar-refractivity contribution < 1.29 is 27.5 Å². The van der Waals surface area contributed by atoms with Crippen LogP contribution in [-0.4, -0.2) is 70.9 Å². The number of anilines is 2. The molecule has 2 aliphatic rings. The Morgan fingerprint density at radius 1 is 1.17 bits per heavy atom. The molecule has 0 amide bonds. The number of aromatic nitrogens is 2. The molecule has 3 heterocycles. The number of hydrogen-bond acceptors (Lipinski definition) is 9. The molecular weight excluding hydrogens is 487 g/mol. The Kier molecular flexibility index (Phi) is 6.82. The first kappa shape index (κ1) is 24.8. The highest BCUT2D eigenvalue weighted by Gasteiger charge is 2.49. The first-order valence-corrected chi connectivity index (χ1v) is 13.8. The number of hydrogen-bond donors (Lipinski definition) is 1. The molecule has 3 aromatic rings. The quantitative estimate of drug-likeness (QED) is 0.500. The average molecular weight is 517 g/mol. The molecule has 0 aliphatic carbocycles. The van der Waals surface area contributed by atoms with Crippen LogP contribution in [0.5, 0.6) is 5.75 Å². The van der Waals surface area contributed by atoms with E-state index in [1.165, 1.54) is 18.5 Å². The number of methoxy groups -OCH3 is 1. The van der Waals surface area contributed by atoms with Crippen molar-refractivity contribution in [3.05, 3.63) is 48.0 Å². The minimum Gasteiger partial charge on any atom is -0.483 e. The Morgan fingerprint density at radius 2 is 1.92 bits per heavy atom. The Bertz CT molecular complexity index is 1410. The van der Waals surface area contributed by atoms with Gasteiger partial charge < -0.3 is 24.3 Å². The summed E-state index contributed by atoms with van der Waals surface area (Å²) in [6.45, 7) is 4.50. The van der Waals surface area contributed by atoms with Crippen molar-refractivity contribution in [3.8, 4) is 5.75 Å². The van der Waals surface area contributed by atoms with Crippen LogP contribution in [0.4, 0.5) is 21.6 Å². The minimum absolute atomic E-state index is 0.154. The van der Waals surface area contributed by atoms with Crippen LogP contribution in [-0.2, 0) is 23.9 Å². The van der Waals surface area contributed by atoms with Crippen LogP contribution in [0, 0.1) is 12.7 Å². The summed E-state index contributed by atoms with van der Waals surface area (Å²) in [4.78, 5) is 8.82. The Hall–Kier alpha value is -2.86. The topological polar surface area (TPSA) is 104 Å². The SMILES string of the molecule is CCS(C)(=O)=Nc1cc(C)c2c(Nc3ccc(F)cc3O[C@@H]3CO[C@H]4[C@@H]3OC[C@H]4OC)ncnc2c1. The molecule has 0 bridgehead atoms. The molecule has 5 atom stereocenters. The monoisotopic (exact) mass is 516 g/mol. The maximum Gasteiger partial charge on any atom is 0.151 e. The van der Waals surface area contributed by atoms with E-state index in [9.17, 15) is 8.60 Å². The van der Waals surface area contributed by atoms with Crippen LogP contribution >= 0.6 is 0 Å². The van der Waals surface area contributed by atoms with Crippen molar-refractivity contribution in [2.24, 2.45) is 4.36 Å². The Labute approximate surface area is 209 Å². The van der Waals surface area contributed by atoms with Gasteiger partial charge in [-0.1, -0.05) is 6.92 Å². The number of benzene rings is 2. The lowest BCUT2D eigenvalue weighted by Crippen LogP contribution is -2.35. The summed E-state index contributed by atoms with van der Waals surface area (Å²) in [6.07, 6.45) is 2.00. The molecule has 11 heteroatoms. The van der Waals surface area contributed by atoms with E-state index < -0.39 is 21.7 Å². The van der Waals surface area contributed by atoms with E-state index >= 15 is 0 Å². The molecule has 2 aliphatic heterocycles. The summed E-state index contributed by atoms with van der Waals surface area (Å²) in [7, 11) is -0.691. The number of ether oxygens (including phenoxy) is 4. The van der Waals surface area contributed by atoms with Crippen molar-refractivity contribution in [1.29, 1.82) is 0 Å². The zero-order valence-electron chi connectivity index (χ0n) is 20.6. The van der Waals surface area contributed by atoms with Gasteiger partial charge in [-0.05, 0) is 36.8 Å². The molecule has 0 spiro atoms. The predicted molar refractivity (Wildman–Crippen MR) is 135 cm³/mol. The standard InChI is InChI=1S/C25H29FN4O5S/c1-5-36(4,31)30-16-8-14(2)22-18(10-16)27-13-28-25(22)29-17-7-6-15(26)9-19(17)35-21-12-34-23-20(32-3)11-33-24(21)23/h6-10,13,20-21,23-24H,5,11-12H2,1-4H3,(H,27,28,29)/t20-,21-,23-,24-,36?/m1/s1. The zero-order valence-corrected chi connectivity index (χ0v) is 21.4. The molecule has 1 N–H and O–H groups in total. The van der Waals surface area contributed by atoms with Crippen molar-refractivity contribution in [2.45, 2.75) is 38.3 Å². The summed E-state index contributed by atoms with van der Waals surface area (Å²) < 4.78 is 54.4. The van der Waals surface area contributed by atoms with Gasteiger partial charge in [0.1, 0.15) is 42.0 Å². The van der Waals surface area contributed by atoms with Crippen LogP contribution < -0.4 is 10.1 Å². The fourth-order valence-corrected chi connectivity index (χ4v) is 5.21. The minimum atomic E-state index is -2.31. The van der Waals surface area contributed by atoms with Gasteiger partial charge in [-0.3, -0.25) is 0 Å². The number of halogens is 1. The lowest BCUT2D eigenvalue weighted by atomic mass is 10.1. The Morgan fingerprint density at radius 3 is 2.67 bits per heavy atom. The largest absolute Gasteiger partial charge is 0.483 e. The number of fused-ring (bicyclic) bond motifs is 2. The van der Waals surface area contributed by atoms with Gasteiger partial charge in [0.2, 0.25) is 0 Å². The lowest BCUT2D eigenvalue weighted by molar-refractivity contribution is -0.0138. The normalized spacial score (nSPS) is 24.9. The molecule has 2 fully saturated rings. The van der Waals surface area contributed by atoms with Gasteiger partial charge in [0.05, 0.1) is 30.1 Å². The Balaban J connectivity index is 1.46.